The zero-order valence-electron chi connectivity index (χ0n) is 9.44. The van der Waals surface area contributed by atoms with Crippen molar-refractivity contribution in [2.75, 3.05) is 13.2 Å². The maximum Gasteiger partial charge on any atom is 0.0752 e. The van der Waals surface area contributed by atoms with E-state index in [0.29, 0.717) is 18.0 Å². The lowest BCUT2D eigenvalue weighted by Crippen LogP contribution is -2.14. The molecule has 0 spiro atoms. The SMILES string of the molecule is NCC(CCO)c1ccc(Cl)c2cccnc12. The first-order valence-electron chi connectivity index (χ1n) is 5.62. The molecule has 1 atom stereocenters. The zero-order chi connectivity index (χ0) is 12.3. The zero-order valence-corrected chi connectivity index (χ0v) is 10.2. The van der Waals surface area contributed by atoms with E-state index in [1.165, 1.54) is 0 Å². The molecule has 0 amide bonds. The van der Waals surface area contributed by atoms with E-state index in [4.69, 9.17) is 22.4 Å². The van der Waals surface area contributed by atoms with Gasteiger partial charge in [0.1, 0.15) is 0 Å². The smallest absolute Gasteiger partial charge is 0.0752 e. The minimum atomic E-state index is 0.120. The first kappa shape index (κ1) is 12.3. The second-order valence-electron chi connectivity index (χ2n) is 3.98. The number of halogens is 1. The predicted octanol–water partition coefficient (Wildman–Crippen LogP) is 2.31. The summed E-state index contributed by atoms with van der Waals surface area (Å²) in [6.07, 6.45) is 2.39. The van der Waals surface area contributed by atoms with E-state index in [2.05, 4.69) is 4.98 Å². The van der Waals surface area contributed by atoms with Crippen molar-refractivity contribution in [3.8, 4) is 0 Å². The van der Waals surface area contributed by atoms with Crippen molar-refractivity contribution in [3.63, 3.8) is 0 Å². The molecule has 2 aromatic rings. The normalized spacial score (nSPS) is 12.9. The summed E-state index contributed by atoms with van der Waals surface area (Å²) >= 11 is 6.13. The lowest BCUT2D eigenvalue weighted by Gasteiger charge is -2.16. The fourth-order valence-electron chi connectivity index (χ4n) is 2.05. The lowest BCUT2D eigenvalue weighted by atomic mass is 9.94. The third kappa shape index (κ3) is 2.41. The minimum Gasteiger partial charge on any atom is -0.396 e. The topological polar surface area (TPSA) is 59.1 Å². The molecule has 90 valence electrons. The second kappa shape index (κ2) is 5.45. The van der Waals surface area contributed by atoms with E-state index < -0.39 is 0 Å². The van der Waals surface area contributed by atoms with Crippen molar-refractivity contribution in [2.45, 2.75) is 12.3 Å². The summed E-state index contributed by atoms with van der Waals surface area (Å²) in [4.78, 5) is 4.37. The molecule has 0 aliphatic carbocycles. The van der Waals surface area contributed by atoms with Crippen LogP contribution in [-0.4, -0.2) is 23.2 Å². The standard InChI is InChI=1S/C13H15ClN2O/c14-12-4-3-10(9(8-15)5-7-17)13-11(12)2-1-6-16-13/h1-4,6,9,17H,5,7-8,15H2. The third-order valence-corrected chi connectivity index (χ3v) is 3.28. The van der Waals surface area contributed by atoms with E-state index in [0.717, 1.165) is 16.5 Å². The number of hydrogen-bond acceptors (Lipinski definition) is 3. The third-order valence-electron chi connectivity index (χ3n) is 2.95. The first-order chi connectivity index (χ1) is 8.27. The van der Waals surface area contributed by atoms with Crippen molar-refractivity contribution in [1.29, 1.82) is 0 Å². The average Bonchev–Trinajstić information content (AvgIpc) is 2.37. The van der Waals surface area contributed by atoms with E-state index in [9.17, 15) is 0 Å². The largest absolute Gasteiger partial charge is 0.396 e. The molecule has 0 bridgehead atoms. The summed E-state index contributed by atoms with van der Waals surface area (Å²) in [5.41, 5.74) is 7.68. The van der Waals surface area contributed by atoms with Crippen LogP contribution in [0.2, 0.25) is 5.02 Å². The van der Waals surface area contributed by atoms with Crippen molar-refractivity contribution < 1.29 is 5.11 Å². The number of hydrogen-bond donors (Lipinski definition) is 2. The molecule has 0 saturated carbocycles. The maximum atomic E-state index is 9.05. The summed E-state index contributed by atoms with van der Waals surface area (Å²) in [5, 5.41) is 10.7. The van der Waals surface area contributed by atoms with E-state index in [1.807, 2.05) is 24.3 Å². The van der Waals surface area contributed by atoms with Gasteiger partial charge in [0.15, 0.2) is 0 Å². The highest BCUT2D eigenvalue weighted by atomic mass is 35.5. The quantitative estimate of drug-likeness (QED) is 0.876. The molecular weight excluding hydrogens is 236 g/mol. The van der Waals surface area contributed by atoms with Gasteiger partial charge in [-0.05, 0) is 36.7 Å². The Morgan fingerprint density at radius 2 is 2.18 bits per heavy atom. The molecule has 3 nitrogen and oxygen atoms in total. The number of aliphatic hydroxyl groups is 1. The molecule has 0 saturated heterocycles. The van der Waals surface area contributed by atoms with Gasteiger partial charge in [0.25, 0.3) is 0 Å². The van der Waals surface area contributed by atoms with Crippen LogP contribution in [-0.2, 0) is 0 Å². The Morgan fingerprint density at radius 1 is 1.35 bits per heavy atom. The van der Waals surface area contributed by atoms with Gasteiger partial charge in [0.2, 0.25) is 0 Å². The van der Waals surface area contributed by atoms with Gasteiger partial charge in [-0.3, -0.25) is 4.98 Å². The second-order valence-corrected chi connectivity index (χ2v) is 4.39. The molecule has 1 aromatic carbocycles. The lowest BCUT2D eigenvalue weighted by molar-refractivity contribution is 0.276. The van der Waals surface area contributed by atoms with E-state index in [1.54, 1.807) is 6.20 Å². The highest BCUT2D eigenvalue weighted by Crippen LogP contribution is 2.30. The van der Waals surface area contributed by atoms with E-state index in [-0.39, 0.29) is 12.5 Å². The maximum absolute atomic E-state index is 9.05. The number of nitrogens with two attached hydrogens (primary N) is 1. The number of fused-ring (bicyclic) bond motifs is 1. The number of rotatable bonds is 4. The van der Waals surface area contributed by atoms with Gasteiger partial charge in [-0.15, -0.1) is 0 Å². The summed E-state index contributed by atoms with van der Waals surface area (Å²) in [6, 6.07) is 7.62. The average molecular weight is 251 g/mol. The van der Waals surface area contributed by atoms with Crippen LogP contribution in [0.4, 0.5) is 0 Å². The van der Waals surface area contributed by atoms with Crippen LogP contribution in [0.3, 0.4) is 0 Å². The van der Waals surface area contributed by atoms with Gasteiger partial charge < -0.3 is 10.8 Å². The number of aliphatic hydroxyl groups excluding tert-OH is 1. The Balaban J connectivity index is 2.57. The molecule has 0 radical (unpaired) electrons. The monoisotopic (exact) mass is 250 g/mol. The Labute approximate surface area is 105 Å². The Hall–Kier alpha value is -1.16. The molecule has 3 N–H and O–H groups in total. The van der Waals surface area contributed by atoms with Gasteiger partial charge in [-0.25, -0.2) is 0 Å². The van der Waals surface area contributed by atoms with Crippen LogP contribution in [0.1, 0.15) is 17.9 Å². The summed E-state index contributed by atoms with van der Waals surface area (Å²) in [6.45, 7) is 0.618. The van der Waals surface area contributed by atoms with Crippen LogP contribution >= 0.6 is 11.6 Å². The summed E-state index contributed by atoms with van der Waals surface area (Å²) in [7, 11) is 0. The van der Waals surface area contributed by atoms with E-state index >= 15 is 0 Å². The predicted molar refractivity (Wildman–Crippen MR) is 70.3 cm³/mol. The van der Waals surface area contributed by atoms with Crippen molar-refractivity contribution in [3.05, 3.63) is 41.0 Å². The van der Waals surface area contributed by atoms with Crippen LogP contribution in [0.5, 0.6) is 0 Å². The van der Waals surface area contributed by atoms with Crippen LogP contribution in [0.15, 0.2) is 30.5 Å². The molecule has 2 rings (SSSR count). The Morgan fingerprint density at radius 3 is 2.88 bits per heavy atom. The van der Waals surface area contributed by atoms with Crippen molar-refractivity contribution in [2.24, 2.45) is 5.73 Å². The Kier molecular flexibility index (Phi) is 3.94. The summed E-state index contributed by atoms with van der Waals surface area (Å²) in [5.74, 6) is 0.120. The molecule has 0 aliphatic rings. The minimum absolute atomic E-state index is 0.120. The van der Waals surface area contributed by atoms with Gasteiger partial charge in [0, 0.05) is 29.1 Å². The molecule has 0 fully saturated rings. The highest BCUT2D eigenvalue weighted by Gasteiger charge is 2.14. The summed E-state index contributed by atoms with van der Waals surface area (Å²) < 4.78 is 0. The molecule has 4 heteroatoms. The Bertz CT molecular complexity index is 516. The van der Waals surface area contributed by atoms with Gasteiger partial charge in [-0.1, -0.05) is 17.7 Å². The van der Waals surface area contributed by atoms with Crippen LogP contribution in [0, 0.1) is 0 Å². The van der Waals surface area contributed by atoms with Gasteiger partial charge in [-0.2, -0.15) is 0 Å². The molecule has 1 aromatic heterocycles. The number of benzene rings is 1. The molecular formula is C13H15ClN2O. The molecule has 1 unspecified atom stereocenters. The fraction of sp³-hybridized carbons (Fsp3) is 0.308. The number of aromatic nitrogens is 1. The van der Waals surface area contributed by atoms with Crippen molar-refractivity contribution in [1.82, 2.24) is 4.98 Å². The first-order valence-corrected chi connectivity index (χ1v) is 5.99. The van der Waals surface area contributed by atoms with Crippen LogP contribution in [0.25, 0.3) is 10.9 Å². The number of pyridine rings is 1. The van der Waals surface area contributed by atoms with Gasteiger partial charge >= 0.3 is 0 Å². The highest BCUT2D eigenvalue weighted by molar-refractivity contribution is 6.35. The van der Waals surface area contributed by atoms with Crippen LogP contribution < -0.4 is 5.73 Å². The molecule has 17 heavy (non-hydrogen) atoms. The fourth-order valence-corrected chi connectivity index (χ4v) is 2.26. The molecule has 0 aliphatic heterocycles. The molecule has 1 heterocycles. The number of nitrogens with zero attached hydrogens (tertiary/aromatic N) is 1. The van der Waals surface area contributed by atoms with Crippen molar-refractivity contribution >= 4 is 22.5 Å². The van der Waals surface area contributed by atoms with Gasteiger partial charge in [0.05, 0.1) is 5.52 Å².